The molecule has 1 aliphatic heterocycles. The van der Waals surface area contributed by atoms with Crippen molar-refractivity contribution in [1.29, 1.82) is 0 Å². The molecule has 0 unspecified atom stereocenters. The third-order valence-electron chi connectivity index (χ3n) is 6.72. The zero-order chi connectivity index (χ0) is 33.2. The number of halogens is 6. The second-order valence-electron chi connectivity index (χ2n) is 9.86. The largest absolute Gasteiger partial charge is 0.461 e. The van der Waals surface area contributed by atoms with Gasteiger partial charge in [-0.05, 0) is 48.9 Å². The molecule has 1 amide bonds. The van der Waals surface area contributed by atoms with Crippen LogP contribution in [0.4, 0.5) is 31.5 Å². The number of hydrogen-bond donors (Lipinski definition) is 1. The number of alkyl halides is 6. The van der Waals surface area contributed by atoms with Gasteiger partial charge in [0.15, 0.2) is 10.8 Å². The SMILES string of the molecule is Cc1ncc2sc(N3CCN(S(=O)(=O)c4ccc(OC(F)(F)C(F)F)cc4)[C@@H](C(=O)NCc4ccc(OC(F)F)cc4)C3)nc2n1. The minimum atomic E-state index is -4.79. The van der Waals surface area contributed by atoms with Crippen LogP contribution in [0.2, 0.25) is 0 Å². The standard InChI is InChI=1S/C27H24F6N6O5S2/c1-15-34-13-21-22(36-15)37-26(45-21)38-10-11-39(46(41,42)19-8-6-18(7-9-19)44-27(32,33)24(28)29)20(14-38)23(40)35-12-16-2-4-17(5-3-16)43-25(30)31/h2-9,13,20,24-25H,10-12,14H2,1H3,(H,35,40)/t20-/m1/s1. The van der Waals surface area contributed by atoms with Gasteiger partial charge in [0, 0.05) is 26.2 Å². The topological polar surface area (TPSA) is 127 Å². The molecule has 1 fully saturated rings. The van der Waals surface area contributed by atoms with E-state index in [2.05, 4.69) is 29.7 Å². The summed E-state index contributed by atoms with van der Waals surface area (Å²) < 4.78 is 114. The highest BCUT2D eigenvalue weighted by Gasteiger charge is 2.44. The van der Waals surface area contributed by atoms with Gasteiger partial charge >= 0.3 is 19.1 Å². The molecule has 11 nitrogen and oxygen atoms in total. The third kappa shape index (κ3) is 7.42. The van der Waals surface area contributed by atoms with Crippen LogP contribution in [0.15, 0.2) is 59.6 Å². The molecule has 0 radical (unpaired) electrons. The summed E-state index contributed by atoms with van der Waals surface area (Å²) in [7, 11) is -4.44. The molecule has 246 valence electrons. The predicted octanol–water partition coefficient (Wildman–Crippen LogP) is 4.43. The van der Waals surface area contributed by atoms with Gasteiger partial charge in [0.1, 0.15) is 23.4 Å². The Labute approximate surface area is 261 Å². The Hall–Kier alpha value is -4.23. The molecule has 2 aromatic carbocycles. The number of aryl methyl sites for hydroxylation is 1. The molecule has 46 heavy (non-hydrogen) atoms. The fourth-order valence-corrected chi connectivity index (χ4v) is 6.98. The molecule has 3 heterocycles. The minimum Gasteiger partial charge on any atom is -0.435 e. The second-order valence-corrected chi connectivity index (χ2v) is 12.8. The van der Waals surface area contributed by atoms with Crippen LogP contribution in [-0.2, 0) is 21.4 Å². The van der Waals surface area contributed by atoms with E-state index >= 15 is 0 Å². The normalized spacial score (nSPS) is 16.3. The maximum absolute atomic E-state index is 13.7. The number of piperazine rings is 1. The van der Waals surface area contributed by atoms with Crippen molar-refractivity contribution >= 4 is 42.7 Å². The number of carbonyl (C=O) groups excluding carboxylic acids is 1. The Morgan fingerprint density at radius 3 is 2.37 bits per heavy atom. The number of hydrogen-bond acceptors (Lipinski definition) is 10. The predicted molar refractivity (Wildman–Crippen MR) is 153 cm³/mol. The Bertz CT molecular complexity index is 1800. The number of anilines is 1. The number of amides is 1. The summed E-state index contributed by atoms with van der Waals surface area (Å²) in [4.78, 5) is 27.8. The first-order valence-corrected chi connectivity index (χ1v) is 15.6. The summed E-state index contributed by atoms with van der Waals surface area (Å²) >= 11 is 1.25. The van der Waals surface area contributed by atoms with Crippen molar-refractivity contribution in [1.82, 2.24) is 24.6 Å². The lowest BCUT2D eigenvalue weighted by Crippen LogP contribution is -2.60. The molecule has 2 aromatic heterocycles. The summed E-state index contributed by atoms with van der Waals surface area (Å²) in [6.45, 7) is -1.61. The van der Waals surface area contributed by atoms with Crippen LogP contribution in [0.25, 0.3) is 10.3 Å². The van der Waals surface area contributed by atoms with E-state index in [1.807, 2.05) is 0 Å². The van der Waals surface area contributed by atoms with E-state index in [1.165, 1.54) is 35.6 Å². The quantitative estimate of drug-likeness (QED) is 0.228. The van der Waals surface area contributed by atoms with Crippen molar-refractivity contribution in [3.05, 3.63) is 66.1 Å². The highest BCUT2D eigenvalue weighted by Crippen LogP contribution is 2.32. The molecule has 0 spiro atoms. The first-order valence-electron chi connectivity index (χ1n) is 13.4. The minimum absolute atomic E-state index is 0.0848. The number of rotatable bonds is 11. The van der Waals surface area contributed by atoms with E-state index < -0.39 is 51.8 Å². The summed E-state index contributed by atoms with van der Waals surface area (Å²) in [5.41, 5.74) is 0.941. The number of nitrogens with one attached hydrogen (secondary N) is 1. The number of aromatic nitrogens is 3. The smallest absolute Gasteiger partial charge is 0.435 e. The number of nitrogens with zero attached hydrogens (tertiary/aromatic N) is 5. The third-order valence-corrected chi connectivity index (χ3v) is 9.68. The lowest BCUT2D eigenvalue weighted by molar-refractivity contribution is -0.253. The highest BCUT2D eigenvalue weighted by molar-refractivity contribution is 7.89. The van der Waals surface area contributed by atoms with E-state index in [0.717, 1.165) is 28.6 Å². The van der Waals surface area contributed by atoms with Gasteiger partial charge in [-0.2, -0.15) is 35.6 Å². The summed E-state index contributed by atoms with van der Waals surface area (Å²) in [6, 6.07) is 7.58. The Kier molecular flexibility index (Phi) is 9.54. The van der Waals surface area contributed by atoms with E-state index in [4.69, 9.17) is 0 Å². The van der Waals surface area contributed by atoms with Crippen molar-refractivity contribution in [3.63, 3.8) is 0 Å². The van der Waals surface area contributed by atoms with Crippen LogP contribution in [0, 0.1) is 6.92 Å². The zero-order valence-corrected chi connectivity index (χ0v) is 25.3. The number of ether oxygens (including phenoxy) is 2. The highest BCUT2D eigenvalue weighted by atomic mass is 32.2. The first-order chi connectivity index (χ1) is 21.7. The lowest BCUT2D eigenvalue weighted by atomic mass is 10.1. The molecule has 5 rings (SSSR count). The molecule has 0 saturated carbocycles. The van der Waals surface area contributed by atoms with Gasteiger partial charge in [0.2, 0.25) is 15.9 Å². The van der Waals surface area contributed by atoms with Crippen molar-refractivity contribution < 1.29 is 49.0 Å². The number of fused-ring (bicyclic) bond motifs is 1. The Morgan fingerprint density at radius 2 is 1.72 bits per heavy atom. The average Bonchev–Trinajstić information content (AvgIpc) is 3.43. The van der Waals surface area contributed by atoms with Gasteiger partial charge in [-0.25, -0.2) is 18.4 Å². The van der Waals surface area contributed by atoms with Crippen LogP contribution in [0.1, 0.15) is 11.4 Å². The van der Waals surface area contributed by atoms with Crippen molar-refractivity contribution in [3.8, 4) is 11.5 Å². The van der Waals surface area contributed by atoms with Gasteiger partial charge in [-0.1, -0.05) is 23.5 Å². The second kappa shape index (κ2) is 13.2. The number of carbonyl (C=O) groups is 1. The molecule has 1 N–H and O–H groups in total. The van der Waals surface area contributed by atoms with Gasteiger partial charge in [-0.15, -0.1) is 0 Å². The van der Waals surface area contributed by atoms with Crippen LogP contribution < -0.4 is 19.7 Å². The van der Waals surface area contributed by atoms with Gasteiger partial charge < -0.3 is 19.7 Å². The zero-order valence-electron chi connectivity index (χ0n) is 23.6. The van der Waals surface area contributed by atoms with Crippen LogP contribution in [0.5, 0.6) is 11.5 Å². The van der Waals surface area contributed by atoms with E-state index in [9.17, 15) is 39.6 Å². The van der Waals surface area contributed by atoms with Crippen molar-refractivity contribution in [2.24, 2.45) is 0 Å². The maximum Gasteiger partial charge on any atom is 0.461 e. The molecule has 1 saturated heterocycles. The summed E-state index contributed by atoms with van der Waals surface area (Å²) in [5, 5.41) is 3.13. The Morgan fingerprint density at radius 1 is 1.04 bits per heavy atom. The van der Waals surface area contributed by atoms with Crippen molar-refractivity contribution in [2.75, 3.05) is 24.5 Å². The fraction of sp³-hybridized carbons (Fsp3) is 0.333. The monoisotopic (exact) mass is 690 g/mol. The molecule has 1 atom stereocenters. The average molecular weight is 691 g/mol. The van der Waals surface area contributed by atoms with E-state index in [-0.39, 0.29) is 31.9 Å². The maximum atomic E-state index is 13.7. The molecule has 19 heteroatoms. The molecule has 0 aliphatic carbocycles. The molecule has 0 bridgehead atoms. The fourth-order valence-electron chi connectivity index (χ4n) is 4.50. The van der Waals surface area contributed by atoms with Gasteiger partial charge in [0.05, 0.1) is 15.8 Å². The summed E-state index contributed by atoms with van der Waals surface area (Å²) in [5.74, 6) is -0.979. The Balaban J connectivity index is 1.38. The molecule has 1 aliphatic rings. The van der Waals surface area contributed by atoms with Crippen LogP contribution >= 0.6 is 11.3 Å². The van der Waals surface area contributed by atoms with E-state index in [1.54, 1.807) is 18.0 Å². The number of thiazole rings is 1. The molecular weight excluding hydrogens is 666 g/mol. The van der Waals surface area contributed by atoms with Gasteiger partial charge in [-0.3, -0.25) is 4.79 Å². The van der Waals surface area contributed by atoms with E-state index in [0.29, 0.717) is 26.9 Å². The number of benzene rings is 2. The van der Waals surface area contributed by atoms with Gasteiger partial charge in [0.25, 0.3) is 0 Å². The van der Waals surface area contributed by atoms with Crippen molar-refractivity contribution in [2.45, 2.75) is 43.6 Å². The molecule has 4 aromatic rings. The first kappa shape index (κ1) is 33.1. The number of sulfonamides is 1. The lowest BCUT2D eigenvalue weighted by Gasteiger charge is -2.39. The summed E-state index contributed by atoms with van der Waals surface area (Å²) in [6.07, 6.45) is -7.30. The van der Waals surface area contributed by atoms with Crippen LogP contribution in [0.3, 0.4) is 0 Å². The van der Waals surface area contributed by atoms with Crippen LogP contribution in [-0.4, -0.2) is 78.4 Å². The molecular formula is C27H24F6N6O5S2.